The number of rotatable bonds is 38. The Hall–Kier alpha value is -3.43. The minimum atomic E-state index is -1.18. The average molecular weight is 784 g/mol. The van der Waals surface area contributed by atoms with E-state index in [1.54, 1.807) is 0 Å². The van der Waals surface area contributed by atoms with Crippen molar-refractivity contribution in [2.24, 2.45) is 11.7 Å². The van der Waals surface area contributed by atoms with E-state index >= 15 is 0 Å². The van der Waals surface area contributed by atoms with E-state index in [0.29, 0.717) is 64.5 Å². The maximum absolute atomic E-state index is 12.7. The molecule has 0 bridgehead atoms. The first kappa shape index (κ1) is 51.6. The van der Waals surface area contributed by atoms with Crippen LogP contribution >= 0.6 is 0 Å². The van der Waals surface area contributed by atoms with Gasteiger partial charge in [0.2, 0.25) is 17.7 Å². The van der Waals surface area contributed by atoms with Gasteiger partial charge in [-0.1, -0.05) is 78.1 Å². The Balaban J connectivity index is 4.05. The summed E-state index contributed by atoms with van der Waals surface area (Å²) in [5.74, 6) is -3.27. The van der Waals surface area contributed by atoms with Crippen molar-refractivity contribution in [3.63, 3.8) is 0 Å². The maximum Gasteiger partial charge on any atom is 0.326 e. The molecule has 0 aliphatic heterocycles. The molecule has 0 aliphatic rings. The van der Waals surface area contributed by atoms with Crippen molar-refractivity contribution < 1.29 is 48.9 Å². The van der Waals surface area contributed by atoms with Crippen LogP contribution in [0.25, 0.3) is 0 Å². The highest BCUT2D eigenvalue weighted by Gasteiger charge is 2.22. The molecule has 0 saturated carbocycles. The summed E-state index contributed by atoms with van der Waals surface area (Å²) in [7, 11) is 0. The number of carboxylic acids is 2. The van der Waals surface area contributed by atoms with Gasteiger partial charge in [-0.3, -0.25) is 28.8 Å². The summed E-state index contributed by atoms with van der Waals surface area (Å²) in [6.07, 6.45) is 15.8. The molecule has 15 nitrogen and oxygen atoms in total. The SMILES string of the molecule is CCC[C@H](NCC(=O)[C@@H](CC)CCCCNC(=O)[C@@H](N)CCCCNC(=O)CC[C@H](NC(=O)CCCCCCCCCCCCC(=O)O)C(=O)O)C(=O)CO. The topological polar surface area (TPSA) is 254 Å². The lowest BCUT2D eigenvalue weighted by Gasteiger charge is -2.18. The molecule has 0 rings (SSSR count). The third kappa shape index (κ3) is 28.6. The molecule has 4 atom stereocenters. The van der Waals surface area contributed by atoms with Gasteiger partial charge in [-0.15, -0.1) is 0 Å². The molecule has 3 amide bonds. The highest BCUT2D eigenvalue weighted by atomic mass is 16.4. The second-order valence-electron chi connectivity index (χ2n) is 14.6. The van der Waals surface area contributed by atoms with Crippen molar-refractivity contribution in [1.29, 1.82) is 0 Å². The summed E-state index contributed by atoms with van der Waals surface area (Å²) in [5.41, 5.74) is 6.04. The molecular formula is C40H73N5O10. The third-order valence-corrected chi connectivity index (χ3v) is 9.81. The monoisotopic (exact) mass is 784 g/mol. The summed E-state index contributed by atoms with van der Waals surface area (Å²) in [5, 5.41) is 38.4. The van der Waals surface area contributed by atoms with E-state index in [4.69, 9.17) is 15.9 Å². The molecule has 0 aliphatic carbocycles. The normalized spacial score (nSPS) is 13.3. The lowest BCUT2D eigenvalue weighted by atomic mass is 9.94. The van der Waals surface area contributed by atoms with Crippen molar-refractivity contribution >= 4 is 41.2 Å². The summed E-state index contributed by atoms with van der Waals surface area (Å²) in [6.45, 7) is 4.21. The maximum atomic E-state index is 12.7. The van der Waals surface area contributed by atoms with Crippen LogP contribution in [0.3, 0.4) is 0 Å². The van der Waals surface area contributed by atoms with Crippen molar-refractivity contribution in [3.8, 4) is 0 Å². The molecule has 9 N–H and O–H groups in total. The zero-order chi connectivity index (χ0) is 41.3. The summed E-state index contributed by atoms with van der Waals surface area (Å²) >= 11 is 0. The molecule has 0 spiro atoms. The number of carboxylic acid groups (broad SMARTS) is 2. The molecule has 0 unspecified atom stereocenters. The molecule has 0 aromatic heterocycles. The van der Waals surface area contributed by atoms with Gasteiger partial charge in [0, 0.05) is 38.3 Å². The van der Waals surface area contributed by atoms with Gasteiger partial charge in [-0.2, -0.15) is 0 Å². The number of nitrogens with one attached hydrogen (secondary N) is 4. The van der Waals surface area contributed by atoms with Gasteiger partial charge in [0.1, 0.15) is 18.4 Å². The number of aliphatic carboxylic acids is 2. The van der Waals surface area contributed by atoms with Crippen LogP contribution < -0.4 is 27.0 Å². The minimum Gasteiger partial charge on any atom is -0.481 e. The highest BCUT2D eigenvalue weighted by molar-refractivity contribution is 5.87. The number of unbranched alkanes of at least 4 members (excludes halogenated alkanes) is 11. The number of hydrogen-bond donors (Lipinski definition) is 8. The van der Waals surface area contributed by atoms with E-state index in [9.17, 15) is 38.7 Å². The fourth-order valence-corrected chi connectivity index (χ4v) is 6.31. The van der Waals surface area contributed by atoms with Gasteiger partial charge in [0.25, 0.3) is 0 Å². The molecular weight excluding hydrogens is 710 g/mol. The fraction of sp³-hybridized carbons (Fsp3) is 0.825. The first-order chi connectivity index (χ1) is 26.4. The molecule has 55 heavy (non-hydrogen) atoms. The van der Waals surface area contributed by atoms with Gasteiger partial charge in [-0.25, -0.2) is 4.79 Å². The van der Waals surface area contributed by atoms with E-state index in [2.05, 4.69) is 21.3 Å². The predicted octanol–water partition coefficient (Wildman–Crippen LogP) is 3.92. The van der Waals surface area contributed by atoms with Gasteiger partial charge in [0.05, 0.1) is 18.6 Å². The number of aliphatic hydroxyl groups excluding tert-OH is 1. The van der Waals surface area contributed by atoms with Crippen molar-refractivity contribution in [1.82, 2.24) is 21.3 Å². The molecule has 0 aromatic carbocycles. The Bertz CT molecular complexity index is 1120. The molecule has 0 aromatic rings. The van der Waals surface area contributed by atoms with E-state index in [1.807, 2.05) is 13.8 Å². The number of carbonyl (C=O) groups excluding carboxylic acids is 5. The zero-order valence-electron chi connectivity index (χ0n) is 33.7. The number of aliphatic hydroxyl groups is 1. The highest BCUT2D eigenvalue weighted by Crippen LogP contribution is 2.15. The van der Waals surface area contributed by atoms with E-state index < -0.39 is 36.7 Å². The first-order valence-corrected chi connectivity index (χ1v) is 20.8. The summed E-state index contributed by atoms with van der Waals surface area (Å²) in [4.78, 5) is 83.7. The Morgan fingerprint density at radius 1 is 0.582 bits per heavy atom. The number of amides is 3. The largest absolute Gasteiger partial charge is 0.481 e. The molecule has 15 heteroatoms. The second-order valence-corrected chi connectivity index (χ2v) is 14.6. The van der Waals surface area contributed by atoms with Crippen LogP contribution in [0.4, 0.5) is 0 Å². The minimum absolute atomic E-state index is 0.0199. The lowest BCUT2D eigenvalue weighted by Crippen LogP contribution is -2.42. The Morgan fingerprint density at radius 2 is 1.15 bits per heavy atom. The van der Waals surface area contributed by atoms with Crippen molar-refractivity contribution in [2.75, 3.05) is 26.2 Å². The van der Waals surface area contributed by atoms with Crippen LogP contribution in [0.15, 0.2) is 0 Å². The summed E-state index contributed by atoms with van der Waals surface area (Å²) in [6, 6.07) is -2.35. The Kier molecular flexibility index (Phi) is 31.8. The molecule has 0 saturated heterocycles. The van der Waals surface area contributed by atoms with Crippen molar-refractivity contribution in [3.05, 3.63) is 0 Å². The van der Waals surface area contributed by atoms with Crippen LogP contribution in [0.1, 0.15) is 162 Å². The molecule has 318 valence electrons. The summed E-state index contributed by atoms with van der Waals surface area (Å²) < 4.78 is 0. The average Bonchev–Trinajstić information content (AvgIpc) is 3.15. The van der Waals surface area contributed by atoms with E-state index in [-0.39, 0.29) is 67.4 Å². The quantitative estimate of drug-likeness (QED) is 0.0415. The molecule has 0 fully saturated rings. The molecule has 0 heterocycles. The van der Waals surface area contributed by atoms with Crippen LogP contribution in [-0.2, 0) is 33.6 Å². The first-order valence-electron chi connectivity index (χ1n) is 20.8. The predicted molar refractivity (Wildman–Crippen MR) is 211 cm³/mol. The number of nitrogens with two attached hydrogens (primary N) is 1. The molecule has 0 radical (unpaired) electrons. The van der Waals surface area contributed by atoms with Crippen LogP contribution in [0, 0.1) is 5.92 Å². The van der Waals surface area contributed by atoms with Gasteiger partial charge >= 0.3 is 11.9 Å². The number of ketones is 2. The van der Waals surface area contributed by atoms with Crippen molar-refractivity contribution in [2.45, 2.75) is 180 Å². The third-order valence-electron chi connectivity index (χ3n) is 9.81. The van der Waals surface area contributed by atoms with Gasteiger partial charge in [-0.05, 0) is 64.2 Å². The van der Waals surface area contributed by atoms with Gasteiger partial charge in [0.15, 0.2) is 5.78 Å². The smallest absolute Gasteiger partial charge is 0.326 e. The van der Waals surface area contributed by atoms with Crippen LogP contribution in [-0.4, -0.2) is 101 Å². The standard InChI is InChI=1S/C40H73N5O10/c1-3-19-32(35(48)29-46)44-28-34(47)30(4-2)20-15-17-27-43-39(53)31(41)21-16-18-26-42-36(49)25-24-33(40(54)55)45-37(50)22-13-11-9-7-5-6-8-10-12-14-23-38(51)52/h30-33,44,46H,3-29,41H2,1-2H3,(H,42,49)(H,43,53)(H,45,50)(H,51,52)(H,54,55)/t30-,31-,32-,33-/m0/s1. The van der Waals surface area contributed by atoms with Gasteiger partial charge < -0.3 is 42.3 Å². The number of carbonyl (C=O) groups is 7. The van der Waals surface area contributed by atoms with Crippen LogP contribution in [0.5, 0.6) is 0 Å². The van der Waals surface area contributed by atoms with Crippen LogP contribution in [0.2, 0.25) is 0 Å². The number of hydrogen-bond acceptors (Lipinski definition) is 10. The van der Waals surface area contributed by atoms with E-state index in [0.717, 1.165) is 70.6 Å². The Labute approximate surface area is 328 Å². The van der Waals surface area contributed by atoms with E-state index in [1.165, 1.54) is 0 Å². The zero-order valence-corrected chi connectivity index (χ0v) is 33.7. The Morgan fingerprint density at radius 3 is 1.69 bits per heavy atom. The second kappa shape index (κ2) is 33.9. The lowest BCUT2D eigenvalue weighted by molar-refractivity contribution is -0.142. The number of Topliss-reactive ketones (excluding diaryl/α,β-unsaturated/α-hetero) is 2. The fourth-order valence-electron chi connectivity index (χ4n) is 6.31.